The standard InChI is InChI=1S/C12H8ClF3N2O3S/c1-18-5-7(22(13,20)21)4-10(18)12(19)17-6-2-8(14)11(16)9(15)3-6/h2-5H,1H3,(H,17,19)/i2D,3D. The van der Waals surface area contributed by atoms with Crippen LogP contribution in [0, 0.1) is 17.5 Å². The van der Waals surface area contributed by atoms with E-state index in [1.54, 1.807) is 0 Å². The first-order valence-corrected chi connectivity index (χ1v) is 7.82. The number of benzene rings is 1. The van der Waals surface area contributed by atoms with Gasteiger partial charge >= 0.3 is 0 Å². The van der Waals surface area contributed by atoms with Crippen molar-refractivity contribution in [3.63, 3.8) is 0 Å². The third-order valence-electron chi connectivity index (χ3n) is 2.59. The third kappa shape index (κ3) is 3.25. The highest BCUT2D eigenvalue weighted by atomic mass is 35.7. The second-order valence-electron chi connectivity index (χ2n) is 4.13. The molecule has 118 valence electrons. The van der Waals surface area contributed by atoms with E-state index in [4.69, 9.17) is 13.4 Å². The lowest BCUT2D eigenvalue weighted by Crippen LogP contribution is -2.15. The Hall–Kier alpha value is -2.00. The van der Waals surface area contributed by atoms with E-state index < -0.39 is 55.1 Å². The highest BCUT2D eigenvalue weighted by Crippen LogP contribution is 2.21. The summed E-state index contributed by atoms with van der Waals surface area (Å²) < 4.78 is 78.1. The number of nitrogens with zero attached hydrogens (tertiary/aromatic N) is 1. The van der Waals surface area contributed by atoms with Gasteiger partial charge in [0.25, 0.3) is 15.0 Å². The van der Waals surface area contributed by atoms with Gasteiger partial charge in [0.05, 0.1) is 2.74 Å². The van der Waals surface area contributed by atoms with Crippen LogP contribution in [0.4, 0.5) is 18.9 Å². The van der Waals surface area contributed by atoms with Gasteiger partial charge < -0.3 is 9.88 Å². The predicted octanol–water partition coefficient (Wildman–Crippen LogP) is 2.62. The number of amides is 1. The zero-order chi connectivity index (χ0) is 18.4. The minimum atomic E-state index is -4.12. The van der Waals surface area contributed by atoms with Gasteiger partial charge in [-0.2, -0.15) is 0 Å². The quantitative estimate of drug-likeness (QED) is 0.680. The maximum atomic E-state index is 13.4. The van der Waals surface area contributed by atoms with Crippen LogP contribution in [0.15, 0.2) is 29.2 Å². The molecular formula is C12H8ClF3N2O3S. The number of aryl methyl sites for hydroxylation is 1. The minimum Gasteiger partial charge on any atom is -0.345 e. The molecule has 0 bridgehead atoms. The number of carbonyl (C=O) groups is 1. The van der Waals surface area contributed by atoms with Crippen LogP contribution >= 0.6 is 10.7 Å². The summed E-state index contributed by atoms with van der Waals surface area (Å²) in [4.78, 5) is 11.7. The first-order chi connectivity index (χ1) is 10.9. The first-order valence-electron chi connectivity index (χ1n) is 6.51. The summed E-state index contributed by atoms with van der Waals surface area (Å²) in [6.45, 7) is 0. The van der Waals surface area contributed by atoms with Gasteiger partial charge in [-0.05, 0) is 6.07 Å². The summed E-state index contributed by atoms with van der Waals surface area (Å²) >= 11 is 0. The maximum Gasteiger partial charge on any atom is 0.272 e. The van der Waals surface area contributed by atoms with Gasteiger partial charge in [0.15, 0.2) is 17.5 Å². The normalized spacial score (nSPS) is 12.8. The summed E-state index contributed by atoms with van der Waals surface area (Å²) in [6.07, 6.45) is 1.02. The molecule has 0 aliphatic carbocycles. The Morgan fingerprint density at radius 3 is 2.32 bits per heavy atom. The summed E-state index contributed by atoms with van der Waals surface area (Å²) in [7, 11) is 2.33. The van der Waals surface area contributed by atoms with Gasteiger partial charge in [-0.25, -0.2) is 21.6 Å². The fourth-order valence-corrected chi connectivity index (χ4v) is 2.38. The van der Waals surface area contributed by atoms with Gasteiger partial charge in [0.1, 0.15) is 10.6 Å². The van der Waals surface area contributed by atoms with Crippen molar-refractivity contribution in [2.24, 2.45) is 7.05 Å². The number of hydrogen-bond donors (Lipinski definition) is 1. The lowest BCUT2D eigenvalue weighted by Gasteiger charge is -2.07. The minimum absolute atomic E-state index is 0.279. The predicted molar refractivity (Wildman–Crippen MR) is 72.7 cm³/mol. The third-order valence-corrected chi connectivity index (χ3v) is 3.91. The highest BCUT2D eigenvalue weighted by molar-refractivity contribution is 8.13. The molecule has 0 radical (unpaired) electrons. The lowest BCUT2D eigenvalue weighted by atomic mass is 10.2. The fraction of sp³-hybridized carbons (Fsp3) is 0.0833. The van der Waals surface area contributed by atoms with Crippen LogP contribution in [0.3, 0.4) is 0 Å². The number of rotatable bonds is 3. The van der Waals surface area contributed by atoms with Crippen molar-refractivity contribution in [2.45, 2.75) is 4.90 Å². The molecule has 2 rings (SSSR count). The Morgan fingerprint density at radius 2 is 1.86 bits per heavy atom. The largest absolute Gasteiger partial charge is 0.345 e. The van der Waals surface area contributed by atoms with Gasteiger partial charge in [0.2, 0.25) is 0 Å². The Morgan fingerprint density at radius 1 is 1.32 bits per heavy atom. The molecule has 22 heavy (non-hydrogen) atoms. The molecule has 2 aromatic rings. The molecular weight excluding hydrogens is 345 g/mol. The van der Waals surface area contributed by atoms with Crippen LogP contribution in [0.2, 0.25) is 0 Å². The van der Waals surface area contributed by atoms with Gasteiger partial charge in [-0.1, -0.05) is 0 Å². The van der Waals surface area contributed by atoms with Crippen molar-refractivity contribution in [1.29, 1.82) is 0 Å². The van der Waals surface area contributed by atoms with Crippen LogP contribution in [0.25, 0.3) is 0 Å². The highest BCUT2D eigenvalue weighted by Gasteiger charge is 2.19. The van der Waals surface area contributed by atoms with Crippen LogP contribution < -0.4 is 5.32 Å². The summed E-state index contributed by atoms with van der Waals surface area (Å²) in [5.41, 5.74) is -1.17. The van der Waals surface area contributed by atoms with E-state index >= 15 is 0 Å². The topological polar surface area (TPSA) is 68.2 Å². The maximum absolute atomic E-state index is 13.4. The zero-order valence-electron chi connectivity index (χ0n) is 12.7. The molecule has 0 fully saturated rings. The number of nitrogens with one attached hydrogen (secondary N) is 1. The Kier molecular flexibility index (Phi) is 3.51. The summed E-state index contributed by atoms with van der Waals surface area (Å²) in [5, 5.41) is 1.89. The van der Waals surface area contributed by atoms with Crippen LogP contribution in [0.1, 0.15) is 13.2 Å². The van der Waals surface area contributed by atoms with Crippen molar-refractivity contribution in [3.05, 3.63) is 47.5 Å². The van der Waals surface area contributed by atoms with E-state index in [2.05, 4.69) is 0 Å². The van der Waals surface area contributed by atoms with E-state index in [0.717, 1.165) is 16.8 Å². The van der Waals surface area contributed by atoms with Gasteiger partial charge in [0, 0.05) is 41.7 Å². The molecule has 1 heterocycles. The molecule has 0 aliphatic heterocycles. The Bertz CT molecular complexity index is 934. The van der Waals surface area contributed by atoms with E-state index in [9.17, 15) is 26.4 Å². The molecule has 1 aromatic carbocycles. The average molecular weight is 355 g/mol. The summed E-state index contributed by atoms with van der Waals surface area (Å²) in [5.74, 6) is -6.81. The second kappa shape index (κ2) is 5.65. The number of anilines is 1. The monoisotopic (exact) mass is 354 g/mol. The summed E-state index contributed by atoms with van der Waals surface area (Å²) in [6, 6.07) is -1.54. The SMILES string of the molecule is [2H]c1c(F)c(F)c(F)c([2H])c1NC(=O)c1cc(S(=O)(=O)Cl)cn1C. The lowest BCUT2D eigenvalue weighted by molar-refractivity contribution is 0.101. The number of hydrogen-bond acceptors (Lipinski definition) is 3. The average Bonchev–Trinajstić information content (AvgIpc) is 2.89. The zero-order valence-corrected chi connectivity index (χ0v) is 12.3. The molecule has 0 spiro atoms. The van der Waals surface area contributed by atoms with Crippen molar-refractivity contribution < 1.29 is 29.1 Å². The Balaban J connectivity index is 2.47. The Labute approximate surface area is 130 Å². The van der Waals surface area contributed by atoms with E-state index in [0.29, 0.717) is 0 Å². The molecule has 10 heteroatoms. The van der Waals surface area contributed by atoms with Crippen LogP contribution in [-0.2, 0) is 16.1 Å². The van der Waals surface area contributed by atoms with Crippen molar-refractivity contribution >= 4 is 31.3 Å². The van der Waals surface area contributed by atoms with E-state index in [-0.39, 0.29) is 5.69 Å². The molecule has 0 atom stereocenters. The number of aromatic nitrogens is 1. The number of halogens is 4. The van der Waals surface area contributed by atoms with Gasteiger partial charge in [-0.15, -0.1) is 0 Å². The second-order valence-corrected chi connectivity index (χ2v) is 6.70. The van der Waals surface area contributed by atoms with Crippen LogP contribution in [0.5, 0.6) is 0 Å². The smallest absolute Gasteiger partial charge is 0.272 e. The number of carbonyl (C=O) groups excluding carboxylic acids is 1. The molecule has 0 aliphatic rings. The van der Waals surface area contributed by atoms with E-state index in [1.807, 2.05) is 5.32 Å². The molecule has 0 saturated heterocycles. The molecule has 1 amide bonds. The van der Waals surface area contributed by atoms with E-state index in [1.165, 1.54) is 7.05 Å². The molecule has 0 saturated carbocycles. The molecule has 1 aromatic heterocycles. The van der Waals surface area contributed by atoms with Crippen molar-refractivity contribution in [3.8, 4) is 0 Å². The molecule has 1 N–H and O–H groups in total. The van der Waals surface area contributed by atoms with Crippen LogP contribution in [-0.4, -0.2) is 18.9 Å². The van der Waals surface area contributed by atoms with Crippen molar-refractivity contribution in [2.75, 3.05) is 5.32 Å². The first kappa shape index (κ1) is 13.6. The van der Waals surface area contributed by atoms with Gasteiger partial charge in [-0.3, -0.25) is 4.79 Å². The molecule has 5 nitrogen and oxygen atoms in total. The van der Waals surface area contributed by atoms with Crippen molar-refractivity contribution in [1.82, 2.24) is 4.57 Å². The fourth-order valence-electron chi connectivity index (χ4n) is 1.59. The molecule has 0 unspecified atom stereocenters.